The molecule has 1 fully saturated rings. The lowest BCUT2D eigenvalue weighted by molar-refractivity contribution is 0.0237. The van der Waals surface area contributed by atoms with E-state index in [1.807, 2.05) is 0 Å². The summed E-state index contributed by atoms with van der Waals surface area (Å²) in [7, 11) is 0. The number of aromatic nitrogens is 2. The maximum Gasteiger partial charge on any atom is 0.259 e. The molecule has 2 aromatic rings. The van der Waals surface area contributed by atoms with E-state index in [1.54, 1.807) is 12.1 Å². The van der Waals surface area contributed by atoms with Crippen molar-refractivity contribution in [2.24, 2.45) is 0 Å². The molecule has 0 atom stereocenters. The van der Waals surface area contributed by atoms with E-state index in [4.69, 9.17) is 14.0 Å². The summed E-state index contributed by atoms with van der Waals surface area (Å²) in [6, 6.07) is 3.43. The Morgan fingerprint density at radius 3 is 2.84 bits per heavy atom. The summed E-state index contributed by atoms with van der Waals surface area (Å²) in [6.45, 7) is 1.43. The van der Waals surface area contributed by atoms with Gasteiger partial charge in [0.25, 0.3) is 5.91 Å². The predicted molar refractivity (Wildman–Crippen MR) is 89.8 cm³/mol. The lowest BCUT2D eigenvalue weighted by atomic mass is 9.98. The third kappa shape index (κ3) is 3.66. The Morgan fingerprint density at radius 2 is 2.04 bits per heavy atom. The van der Waals surface area contributed by atoms with Gasteiger partial charge in [-0.1, -0.05) is 5.16 Å². The van der Waals surface area contributed by atoms with Gasteiger partial charge in [-0.3, -0.25) is 10.1 Å². The molecule has 1 aliphatic carbocycles. The van der Waals surface area contributed by atoms with E-state index in [0.717, 1.165) is 49.8 Å². The smallest absolute Gasteiger partial charge is 0.259 e. The van der Waals surface area contributed by atoms with Gasteiger partial charge in [0, 0.05) is 30.7 Å². The van der Waals surface area contributed by atoms with Gasteiger partial charge >= 0.3 is 0 Å². The van der Waals surface area contributed by atoms with Crippen LogP contribution in [0, 0.1) is 0 Å². The number of anilines is 1. The van der Waals surface area contributed by atoms with Crippen LogP contribution < -0.4 is 10.1 Å². The summed E-state index contributed by atoms with van der Waals surface area (Å²) in [5.41, 5.74) is 2.44. The molecule has 0 bridgehead atoms. The van der Waals surface area contributed by atoms with Crippen molar-refractivity contribution in [2.75, 3.05) is 18.5 Å². The molecule has 2 aromatic heterocycles. The van der Waals surface area contributed by atoms with E-state index in [2.05, 4.69) is 15.5 Å². The lowest BCUT2D eigenvalue weighted by Gasteiger charge is -2.22. The number of pyridine rings is 1. The Labute approximate surface area is 145 Å². The Balaban J connectivity index is 1.39. The molecule has 0 saturated carbocycles. The molecule has 3 heterocycles. The summed E-state index contributed by atoms with van der Waals surface area (Å²) in [6.07, 6.45) is 7.39. The molecule has 4 rings (SSSR count). The van der Waals surface area contributed by atoms with E-state index >= 15 is 0 Å². The minimum Gasteiger partial charge on any atom is -0.474 e. The molecule has 7 heteroatoms. The molecule has 0 unspecified atom stereocenters. The SMILES string of the molecule is O=C(Nc1onc2c1CCCC2)c1ccc(OC2CCOCC2)nc1. The van der Waals surface area contributed by atoms with Crippen molar-refractivity contribution in [3.8, 4) is 5.88 Å². The second-order valence-electron chi connectivity index (χ2n) is 6.41. The zero-order valence-electron chi connectivity index (χ0n) is 14.0. The second kappa shape index (κ2) is 7.23. The van der Waals surface area contributed by atoms with Crippen LogP contribution in [0.5, 0.6) is 5.88 Å². The zero-order chi connectivity index (χ0) is 17.1. The highest BCUT2D eigenvalue weighted by atomic mass is 16.5. The molecule has 7 nitrogen and oxygen atoms in total. The molecule has 1 aliphatic heterocycles. The normalized spacial score (nSPS) is 17.8. The predicted octanol–water partition coefficient (Wildman–Crippen LogP) is 2.76. The highest BCUT2D eigenvalue weighted by Gasteiger charge is 2.21. The molecule has 0 aromatic carbocycles. The van der Waals surface area contributed by atoms with Crippen LogP contribution in [-0.2, 0) is 17.6 Å². The average molecular weight is 343 g/mol. The maximum absolute atomic E-state index is 12.4. The van der Waals surface area contributed by atoms with Crippen LogP contribution in [0.4, 0.5) is 5.88 Å². The van der Waals surface area contributed by atoms with Crippen LogP contribution in [0.15, 0.2) is 22.9 Å². The van der Waals surface area contributed by atoms with E-state index in [9.17, 15) is 4.79 Å². The van der Waals surface area contributed by atoms with Crippen molar-refractivity contribution in [3.63, 3.8) is 0 Å². The Bertz CT molecular complexity index is 735. The van der Waals surface area contributed by atoms with Gasteiger partial charge in [0.15, 0.2) is 0 Å². The monoisotopic (exact) mass is 343 g/mol. The quantitative estimate of drug-likeness (QED) is 0.918. The highest BCUT2D eigenvalue weighted by molar-refractivity contribution is 6.03. The Morgan fingerprint density at radius 1 is 1.20 bits per heavy atom. The van der Waals surface area contributed by atoms with Crippen molar-refractivity contribution < 1.29 is 18.8 Å². The largest absolute Gasteiger partial charge is 0.474 e. The summed E-state index contributed by atoms with van der Waals surface area (Å²) >= 11 is 0. The summed E-state index contributed by atoms with van der Waals surface area (Å²) in [5, 5.41) is 6.85. The van der Waals surface area contributed by atoms with Crippen molar-refractivity contribution in [1.29, 1.82) is 0 Å². The Hall–Kier alpha value is -2.41. The fourth-order valence-electron chi connectivity index (χ4n) is 3.21. The first kappa shape index (κ1) is 16.1. The number of nitrogens with one attached hydrogen (secondary N) is 1. The van der Waals surface area contributed by atoms with E-state index in [1.165, 1.54) is 6.20 Å². The van der Waals surface area contributed by atoms with Crippen LogP contribution in [0.25, 0.3) is 0 Å². The number of rotatable bonds is 4. The van der Waals surface area contributed by atoms with Crippen molar-refractivity contribution >= 4 is 11.8 Å². The average Bonchev–Trinajstić information content (AvgIpc) is 3.06. The van der Waals surface area contributed by atoms with Gasteiger partial charge < -0.3 is 14.0 Å². The van der Waals surface area contributed by atoms with Crippen molar-refractivity contribution in [3.05, 3.63) is 35.2 Å². The maximum atomic E-state index is 12.4. The third-order valence-corrected chi connectivity index (χ3v) is 4.64. The number of aryl methyl sites for hydroxylation is 1. The molecule has 1 amide bonds. The number of nitrogens with zero attached hydrogens (tertiary/aromatic N) is 2. The van der Waals surface area contributed by atoms with Gasteiger partial charge in [-0.05, 0) is 31.7 Å². The number of amides is 1. The standard InChI is InChI=1S/C18H21N3O4/c22-17(20-18-14-3-1-2-4-15(14)21-25-18)12-5-6-16(19-11-12)24-13-7-9-23-10-8-13/h5-6,11,13H,1-4,7-10H2,(H,20,22). The van der Waals surface area contributed by atoms with Crippen LogP contribution >= 0.6 is 0 Å². The number of hydrogen-bond donors (Lipinski definition) is 1. The Kier molecular flexibility index (Phi) is 4.65. The van der Waals surface area contributed by atoms with Crippen LogP contribution in [0.2, 0.25) is 0 Å². The second-order valence-corrected chi connectivity index (χ2v) is 6.41. The van der Waals surface area contributed by atoms with Gasteiger partial charge in [0.05, 0.1) is 24.5 Å². The minimum atomic E-state index is -0.255. The van der Waals surface area contributed by atoms with E-state index in [0.29, 0.717) is 30.5 Å². The number of ether oxygens (including phenoxy) is 2. The third-order valence-electron chi connectivity index (χ3n) is 4.64. The first-order valence-electron chi connectivity index (χ1n) is 8.79. The van der Waals surface area contributed by atoms with E-state index < -0.39 is 0 Å². The molecular formula is C18H21N3O4. The fourth-order valence-corrected chi connectivity index (χ4v) is 3.21. The first-order valence-corrected chi connectivity index (χ1v) is 8.79. The number of carbonyl (C=O) groups excluding carboxylic acids is 1. The molecule has 25 heavy (non-hydrogen) atoms. The minimum absolute atomic E-state index is 0.127. The molecule has 1 N–H and O–H groups in total. The molecule has 0 radical (unpaired) electrons. The van der Waals surface area contributed by atoms with Crippen LogP contribution in [0.1, 0.15) is 47.3 Å². The molecular weight excluding hydrogens is 322 g/mol. The van der Waals surface area contributed by atoms with Crippen molar-refractivity contribution in [1.82, 2.24) is 10.1 Å². The molecule has 1 saturated heterocycles. The summed E-state index contributed by atoms with van der Waals surface area (Å²) in [4.78, 5) is 16.6. The van der Waals surface area contributed by atoms with Gasteiger partial charge in [0.2, 0.25) is 11.8 Å². The first-order chi connectivity index (χ1) is 12.3. The summed E-state index contributed by atoms with van der Waals surface area (Å²) in [5.74, 6) is 0.734. The number of hydrogen-bond acceptors (Lipinski definition) is 6. The van der Waals surface area contributed by atoms with Gasteiger partial charge in [-0.2, -0.15) is 0 Å². The molecule has 0 spiro atoms. The summed E-state index contributed by atoms with van der Waals surface area (Å²) < 4.78 is 16.4. The van der Waals surface area contributed by atoms with Gasteiger partial charge in [-0.15, -0.1) is 0 Å². The van der Waals surface area contributed by atoms with Crippen LogP contribution in [0.3, 0.4) is 0 Å². The zero-order valence-corrected chi connectivity index (χ0v) is 14.0. The highest BCUT2D eigenvalue weighted by Crippen LogP contribution is 2.28. The van der Waals surface area contributed by atoms with Gasteiger partial charge in [0.1, 0.15) is 6.10 Å². The number of fused-ring (bicyclic) bond motifs is 1. The lowest BCUT2D eigenvalue weighted by Crippen LogP contribution is -2.26. The molecule has 2 aliphatic rings. The van der Waals surface area contributed by atoms with Crippen LogP contribution in [-0.4, -0.2) is 35.4 Å². The molecule has 132 valence electrons. The number of carbonyl (C=O) groups is 1. The van der Waals surface area contributed by atoms with E-state index in [-0.39, 0.29) is 12.0 Å². The van der Waals surface area contributed by atoms with Crippen molar-refractivity contribution in [2.45, 2.75) is 44.6 Å². The van der Waals surface area contributed by atoms with Gasteiger partial charge in [-0.25, -0.2) is 4.98 Å². The fraction of sp³-hybridized carbons (Fsp3) is 0.500. The topological polar surface area (TPSA) is 86.5 Å².